The molecule has 0 aliphatic carbocycles. The van der Waals surface area contributed by atoms with Crippen LogP contribution in [0.1, 0.15) is 17.3 Å². The van der Waals surface area contributed by atoms with Crippen molar-refractivity contribution >= 4 is 17.3 Å². The first kappa shape index (κ1) is 9.02. The van der Waals surface area contributed by atoms with Gasteiger partial charge in [-0.05, 0) is 12.1 Å². The van der Waals surface area contributed by atoms with E-state index in [2.05, 4.69) is 0 Å². The summed E-state index contributed by atoms with van der Waals surface area (Å²) >= 11 is 1.11. The lowest BCUT2D eigenvalue weighted by Crippen LogP contribution is -2.13. The average molecular weight is 187 g/mol. The molecule has 1 heterocycles. The third-order valence-electron chi connectivity index (χ3n) is 1.37. The minimum atomic E-state index is -0.935. The Labute approximate surface area is 73.3 Å². The van der Waals surface area contributed by atoms with Crippen LogP contribution in [0.3, 0.4) is 0 Å². The molecule has 0 aliphatic rings. The van der Waals surface area contributed by atoms with E-state index < -0.39 is 12.0 Å². The summed E-state index contributed by atoms with van der Waals surface area (Å²) in [5.41, 5.74) is 5.53. The Balaban J connectivity index is 2.64. The second-order valence-corrected chi connectivity index (χ2v) is 3.47. The molecule has 0 amide bonds. The molecule has 0 fully saturated rings. The molecule has 0 unspecified atom stereocenters. The van der Waals surface area contributed by atoms with Crippen LogP contribution in [0, 0.1) is 0 Å². The normalized spacial score (nSPS) is 12.8. The van der Waals surface area contributed by atoms with Gasteiger partial charge in [0.05, 0.1) is 6.42 Å². The van der Waals surface area contributed by atoms with Crippen LogP contribution in [-0.2, 0) is 4.79 Å². The van der Waals surface area contributed by atoms with Crippen LogP contribution in [0.15, 0.2) is 12.1 Å². The van der Waals surface area contributed by atoms with Crippen molar-refractivity contribution in [3.63, 3.8) is 0 Å². The molecular weight excluding hydrogens is 178 g/mol. The molecule has 12 heavy (non-hydrogen) atoms. The highest BCUT2D eigenvalue weighted by Gasteiger charge is 2.12. The summed E-state index contributed by atoms with van der Waals surface area (Å²) in [6.45, 7) is 0. The maximum Gasteiger partial charge on any atom is 0.305 e. The van der Waals surface area contributed by atoms with Crippen LogP contribution < -0.4 is 5.73 Å². The number of carbonyl (C=O) groups is 1. The second-order valence-electron chi connectivity index (χ2n) is 2.38. The van der Waals surface area contributed by atoms with Crippen molar-refractivity contribution < 1.29 is 15.0 Å². The molecule has 1 aromatic heterocycles. The molecule has 0 spiro atoms. The number of hydrogen-bond acceptors (Lipinski definition) is 4. The Morgan fingerprint density at radius 1 is 1.67 bits per heavy atom. The largest absolute Gasteiger partial charge is 0.499 e. The number of carboxylic acids is 1. The van der Waals surface area contributed by atoms with E-state index in [4.69, 9.17) is 15.9 Å². The van der Waals surface area contributed by atoms with Crippen molar-refractivity contribution in [1.82, 2.24) is 0 Å². The van der Waals surface area contributed by atoms with Gasteiger partial charge in [-0.25, -0.2) is 0 Å². The number of aliphatic carboxylic acids is 1. The molecule has 4 nitrogen and oxygen atoms in total. The highest BCUT2D eigenvalue weighted by Crippen LogP contribution is 2.27. The van der Waals surface area contributed by atoms with Gasteiger partial charge in [0.2, 0.25) is 0 Å². The van der Waals surface area contributed by atoms with Gasteiger partial charge in [-0.2, -0.15) is 0 Å². The van der Waals surface area contributed by atoms with Gasteiger partial charge in [-0.3, -0.25) is 4.79 Å². The summed E-state index contributed by atoms with van der Waals surface area (Å²) in [4.78, 5) is 10.9. The number of carboxylic acid groups (broad SMARTS) is 1. The molecule has 1 rings (SSSR count). The molecule has 0 radical (unpaired) electrons. The van der Waals surface area contributed by atoms with Crippen molar-refractivity contribution in [2.75, 3.05) is 0 Å². The van der Waals surface area contributed by atoms with Crippen LogP contribution in [0.2, 0.25) is 0 Å². The van der Waals surface area contributed by atoms with E-state index in [1.54, 1.807) is 6.07 Å². The summed E-state index contributed by atoms with van der Waals surface area (Å²) in [6, 6.07) is 2.61. The zero-order valence-corrected chi connectivity index (χ0v) is 7.04. The zero-order chi connectivity index (χ0) is 9.14. The van der Waals surface area contributed by atoms with Crippen molar-refractivity contribution in [3.05, 3.63) is 17.0 Å². The molecular formula is C7H9NO3S. The zero-order valence-electron chi connectivity index (χ0n) is 6.23. The SMILES string of the molecule is N[C@@H](CC(=O)O)c1ccc(O)s1. The average Bonchev–Trinajstić information content (AvgIpc) is 2.34. The highest BCUT2D eigenvalue weighted by atomic mass is 32.1. The predicted molar refractivity (Wildman–Crippen MR) is 45.2 cm³/mol. The monoisotopic (exact) mass is 187 g/mol. The third kappa shape index (κ3) is 2.21. The fourth-order valence-electron chi connectivity index (χ4n) is 0.830. The molecule has 1 aromatic rings. The standard InChI is InChI=1S/C7H9NO3S/c8-4(3-6(9)10)5-1-2-7(11)12-5/h1-2,4,11H,3,8H2,(H,9,10)/t4-/m0/s1. The topological polar surface area (TPSA) is 83.6 Å². The van der Waals surface area contributed by atoms with Crippen molar-refractivity contribution in [3.8, 4) is 5.06 Å². The van der Waals surface area contributed by atoms with Crippen LogP contribution >= 0.6 is 11.3 Å². The van der Waals surface area contributed by atoms with Gasteiger partial charge in [0.25, 0.3) is 0 Å². The van der Waals surface area contributed by atoms with E-state index in [9.17, 15) is 4.79 Å². The Morgan fingerprint density at radius 3 is 2.75 bits per heavy atom. The summed E-state index contributed by atoms with van der Waals surface area (Å²) in [5.74, 6) is -0.935. The van der Waals surface area contributed by atoms with Crippen LogP contribution in [-0.4, -0.2) is 16.2 Å². The third-order valence-corrected chi connectivity index (χ3v) is 2.39. The predicted octanol–water partition coefficient (Wildman–Crippen LogP) is 0.928. The van der Waals surface area contributed by atoms with Gasteiger partial charge in [0.1, 0.15) is 0 Å². The molecule has 0 saturated heterocycles. The number of rotatable bonds is 3. The van der Waals surface area contributed by atoms with Crippen molar-refractivity contribution in [2.45, 2.75) is 12.5 Å². The molecule has 0 aromatic carbocycles. The quantitative estimate of drug-likeness (QED) is 0.657. The van der Waals surface area contributed by atoms with Gasteiger partial charge in [-0.1, -0.05) is 0 Å². The van der Waals surface area contributed by atoms with E-state index in [0.717, 1.165) is 11.3 Å². The minimum Gasteiger partial charge on any atom is -0.499 e. The number of hydrogen-bond donors (Lipinski definition) is 3. The van der Waals surface area contributed by atoms with Crippen molar-refractivity contribution in [1.29, 1.82) is 0 Å². The maximum absolute atomic E-state index is 10.3. The van der Waals surface area contributed by atoms with E-state index in [1.165, 1.54) is 6.07 Å². The fourth-order valence-corrected chi connectivity index (χ4v) is 1.58. The second kappa shape index (κ2) is 3.55. The van der Waals surface area contributed by atoms with Crippen LogP contribution in [0.5, 0.6) is 5.06 Å². The maximum atomic E-state index is 10.3. The van der Waals surface area contributed by atoms with Gasteiger partial charge < -0.3 is 15.9 Å². The molecule has 5 heteroatoms. The summed E-state index contributed by atoms with van der Waals surface area (Å²) in [5, 5.41) is 17.5. The minimum absolute atomic E-state index is 0.111. The van der Waals surface area contributed by atoms with Gasteiger partial charge in [0.15, 0.2) is 5.06 Å². The number of nitrogens with two attached hydrogens (primary N) is 1. The first-order valence-corrected chi connectivity index (χ1v) is 4.17. The van der Waals surface area contributed by atoms with E-state index in [0.29, 0.717) is 4.88 Å². The van der Waals surface area contributed by atoms with Crippen molar-refractivity contribution in [2.24, 2.45) is 5.73 Å². The smallest absolute Gasteiger partial charge is 0.305 e. The van der Waals surface area contributed by atoms with E-state index in [1.807, 2.05) is 0 Å². The lowest BCUT2D eigenvalue weighted by Gasteiger charge is -2.03. The fraction of sp³-hybridized carbons (Fsp3) is 0.286. The number of aromatic hydroxyl groups is 1. The molecule has 66 valence electrons. The Bertz CT molecular complexity index is 284. The number of thiophene rings is 1. The molecule has 0 bridgehead atoms. The lowest BCUT2D eigenvalue weighted by molar-refractivity contribution is -0.137. The summed E-state index contributed by atoms with van der Waals surface area (Å²) in [6.07, 6.45) is -0.111. The summed E-state index contributed by atoms with van der Waals surface area (Å²) < 4.78 is 0. The molecule has 0 saturated carbocycles. The van der Waals surface area contributed by atoms with Gasteiger partial charge in [0, 0.05) is 10.9 Å². The van der Waals surface area contributed by atoms with Gasteiger partial charge >= 0.3 is 5.97 Å². The lowest BCUT2D eigenvalue weighted by atomic mass is 10.2. The first-order chi connectivity index (χ1) is 5.59. The summed E-state index contributed by atoms with van der Waals surface area (Å²) in [7, 11) is 0. The molecule has 0 aliphatic heterocycles. The first-order valence-electron chi connectivity index (χ1n) is 3.35. The molecule has 1 atom stereocenters. The Hall–Kier alpha value is -1.07. The molecule has 4 N–H and O–H groups in total. The highest BCUT2D eigenvalue weighted by molar-refractivity contribution is 7.13. The van der Waals surface area contributed by atoms with Crippen LogP contribution in [0.25, 0.3) is 0 Å². The van der Waals surface area contributed by atoms with Crippen LogP contribution in [0.4, 0.5) is 0 Å². The van der Waals surface area contributed by atoms with E-state index in [-0.39, 0.29) is 11.5 Å². The van der Waals surface area contributed by atoms with E-state index >= 15 is 0 Å². The van der Waals surface area contributed by atoms with Gasteiger partial charge in [-0.15, -0.1) is 11.3 Å². The Morgan fingerprint density at radius 2 is 2.33 bits per heavy atom. The Kier molecular flexibility index (Phi) is 2.67.